The maximum Gasteiger partial charge on any atom is 0.142 e. The van der Waals surface area contributed by atoms with E-state index in [0.29, 0.717) is 0 Å². The molecule has 0 aromatic rings. The third-order valence-corrected chi connectivity index (χ3v) is 1.85. The average Bonchev–Trinajstić information content (AvgIpc) is 2.26. The minimum atomic E-state index is 0.819. The first-order valence-electron chi connectivity index (χ1n) is 5.45. The first kappa shape index (κ1) is 13.6. The van der Waals surface area contributed by atoms with Crippen LogP contribution in [0.15, 0.2) is 48.6 Å². The number of aldehydes is 1. The van der Waals surface area contributed by atoms with Crippen LogP contribution in [0.2, 0.25) is 0 Å². The normalized spacial score (nSPS) is 12.6. The Morgan fingerprint density at radius 3 is 2.20 bits per heavy atom. The number of allylic oxidation sites excluding steroid dienone is 8. The lowest BCUT2D eigenvalue weighted by Gasteiger charge is -1.87. The molecule has 0 heterocycles. The van der Waals surface area contributed by atoms with Crippen molar-refractivity contribution in [2.75, 3.05) is 0 Å². The highest BCUT2D eigenvalue weighted by molar-refractivity contribution is 5.64. The Labute approximate surface area is 92.9 Å². The molecule has 0 saturated heterocycles. The smallest absolute Gasteiger partial charge is 0.142 e. The summed E-state index contributed by atoms with van der Waals surface area (Å²) < 4.78 is 0. The van der Waals surface area contributed by atoms with Crippen LogP contribution in [0, 0.1) is 0 Å². The third kappa shape index (κ3) is 12.6. The zero-order chi connectivity index (χ0) is 11.2. The standard InChI is InChI=1S/C14H20O/c1-2-3-4-5-6-7-8-9-10-11-12-13-14-15/h2-3,5-8,12-14H,4,9-11H2,1H3/b3-2+,6-5+,8-7+,13-12+. The van der Waals surface area contributed by atoms with Crippen LogP contribution in [-0.2, 0) is 4.79 Å². The zero-order valence-electron chi connectivity index (χ0n) is 9.43. The van der Waals surface area contributed by atoms with E-state index in [-0.39, 0.29) is 0 Å². The lowest BCUT2D eigenvalue weighted by Crippen LogP contribution is -1.69. The fraction of sp³-hybridized carbons (Fsp3) is 0.357. The Bertz CT molecular complexity index is 244. The SMILES string of the molecule is C/C=C/C/C=C/C=C/CCC/C=C/C=O. The Balaban J connectivity index is 3.34. The number of hydrogen-bond donors (Lipinski definition) is 0. The van der Waals surface area contributed by atoms with E-state index in [1.54, 1.807) is 6.08 Å². The summed E-state index contributed by atoms with van der Waals surface area (Å²) >= 11 is 0. The first-order chi connectivity index (χ1) is 7.41. The molecule has 0 unspecified atom stereocenters. The molecule has 0 atom stereocenters. The van der Waals surface area contributed by atoms with Crippen LogP contribution in [0.1, 0.15) is 32.6 Å². The number of carbonyl (C=O) groups excluding carboxylic acids is 1. The zero-order valence-corrected chi connectivity index (χ0v) is 9.43. The van der Waals surface area contributed by atoms with E-state index >= 15 is 0 Å². The number of hydrogen-bond acceptors (Lipinski definition) is 1. The molecule has 0 radical (unpaired) electrons. The molecule has 0 N–H and O–H groups in total. The van der Waals surface area contributed by atoms with Gasteiger partial charge in [-0.2, -0.15) is 0 Å². The summed E-state index contributed by atoms with van der Waals surface area (Å²) in [6.45, 7) is 2.02. The van der Waals surface area contributed by atoms with Crippen LogP contribution >= 0.6 is 0 Å². The van der Waals surface area contributed by atoms with Crippen LogP contribution in [0.4, 0.5) is 0 Å². The van der Waals surface area contributed by atoms with E-state index in [0.717, 1.165) is 32.0 Å². The first-order valence-corrected chi connectivity index (χ1v) is 5.45. The molecule has 82 valence electrons. The van der Waals surface area contributed by atoms with Crippen LogP contribution in [0.5, 0.6) is 0 Å². The predicted octanol–water partition coefficient (Wildman–Crippen LogP) is 3.99. The second-order valence-corrected chi connectivity index (χ2v) is 3.16. The summed E-state index contributed by atoms with van der Waals surface area (Å²) in [5, 5.41) is 0. The van der Waals surface area contributed by atoms with Gasteiger partial charge in [-0.15, -0.1) is 0 Å². The van der Waals surface area contributed by atoms with Crippen molar-refractivity contribution in [1.82, 2.24) is 0 Å². The van der Waals surface area contributed by atoms with Gasteiger partial charge in [0, 0.05) is 0 Å². The maximum absolute atomic E-state index is 9.95. The van der Waals surface area contributed by atoms with Crippen molar-refractivity contribution in [3.63, 3.8) is 0 Å². The van der Waals surface area contributed by atoms with Crippen molar-refractivity contribution in [3.05, 3.63) is 48.6 Å². The maximum atomic E-state index is 9.95. The van der Waals surface area contributed by atoms with Crippen LogP contribution < -0.4 is 0 Å². The van der Waals surface area contributed by atoms with Gasteiger partial charge in [0.1, 0.15) is 6.29 Å². The molecule has 0 aromatic carbocycles. The van der Waals surface area contributed by atoms with Gasteiger partial charge in [-0.25, -0.2) is 0 Å². The highest BCUT2D eigenvalue weighted by Gasteiger charge is 1.78. The van der Waals surface area contributed by atoms with E-state index in [1.807, 2.05) is 19.1 Å². The van der Waals surface area contributed by atoms with Crippen molar-refractivity contribution in [2.24, 2.45) is 0 Å². The highest BCUT2D eigenvalue weighted by Crippen LogP contribution is 1.97. The van der Waals surface area contributed by atoms with Gasteiger partial charge >= 0.3 is 0 Å². The minimum Gasteiger partial charge on any atom is -0.299 e. The van der Waals surface area contributed by atoms with Gasteiger partial charge in [-0.1, -0.05) is 42.5 Å². The number of rotatable bonds is 8. The van der Waals surface area contributed by atoms with Gasteiger partial charge in [0.2, 0.25) is 0 Å². The van der Waals surface area contributed by atoms with E-state index < -0.39 is 0 Å². The molecule has 0 aliphatic rings. The topological polar surface area (TPSA) is 17.1 Å². The summed E-state index contributed by atoms with van der Waals surface area (Å²) in [6, 6.07) is 0. The highest BCUT2D eigenvalue weighted by atomic mass is 16.1. The second-order valence-electron chi connectivity index (χ2n) is 3.16. The molecule has 0 aliphatic carbocycles. The summed E-state index contributed by atoms with van der Waals surface area (Å²) in [5.74, 6) is 0. The average molecular weight is 204 g/mol. The molecule has 0 amide bonds. The van der Waals surface area contributed by atoms with Crippen molar-refractivity contribution >= 4 is 6.29 Å². The van der Waals surface area contributed by atoms with Gasteiger partial charge in [0.25, 0.3) is 0 Å². The fourth-order valence-corrected chi connectivity index (χ4v) is 1.05. The summed E-state index contributed by atoms with van der Waals surface area (Å²) in [4.78, 5) is 9.95. The lowest BCUT2D eigenvalue weighted by molar-refractivity contribution is -0.104. The molecule has 1 heteroatoms. The number of unbranched alkanes of at least 4 members (excludes halogenated alkanes) is 2. The van der Waals surface area contributed by atoms with Crippen LogP contribution in [0.3, 0.4) is 0 Å². The van der Waals surface area contributed by atoms with Crippen molar-refractivity contribution in [1.29, 1.82) is 0 Å². The molecule has 0 saturated carbocycles. The summed E-state index contributed by atoms with van der Waals surface area (Å²) in [6.07, 6.45) is 21.0. The van der Waals surface area contributed by atoms with Crippen LogP contribution in [-0.4, -0.2) is 6.29 Å². The van der Waals surface area contributed by atoms with Gasteiger partial charge in [-0.05, 0) is 38.7 Å². The number of carbonyl (C=O) groups is 1. The van der Waals surface area contributed by atoms with E-state index in [4.69, 9.17) is 0 Å². The Hall–Kier alpha value is -1.37. The quantitative estimate of drug-likeness (QED) is 0.192. The molecular formula is C14H20O. The minimum absolute atomic E-state index is 0.819. The Kier molecular flexibility index (Phi) is 11.5. The van der Waals surface area contributed by atoms with Crippen LogP contribution in [0.25, 0.3) is 0 Å². The monoisotopic (exact) mass is 204 g/mol. The third-order valence-electron chi connectivity index (χ3n) is 1.85. The molecular weight excluding hydrogens is 184 g/mol. The lowest BCUT2D eigenvalue weighted by atomic mass is 10.2. The van der Waals surface area contributed by atoms with Gasteiger partial charge in [0.05, 0.1) is 0 Å². The fourth-order valence-electron chi connectivity index (χ4n) is 1.05. The largest absolute Gasteiger partial charge is 0.299 e. The van der Waals surface area contributed by atoms with Crippen molar-refractivity contribution in [3.8, 4) is 0 Å². The Morgan fingerprint density at radius 2 is 1.53 bits per heavy atom. The molecule has 0 aromatic heterocycles. The molecule has 1 nitrogen and oxygen atoms in total. The van der Waals surface area contributed by atoms with Crippen molar-refractivity contribution < 1.29 is 4.79 Å². The molecule has 0 spiro atoms. The molecule has 15 heavy (non-hydrogen) atoms. The molecule has 0 aliphatic heterocycles. The summed E-state index contributed by atoms with van der Waals surface area (Å²) in [7, 11) is 0. The Morgan fingerprint density at radius 1 is 0.867 bits per heavy atom. The van der Waals surface area contributed by atoms with Gasteiger partial charge < -0.3 is 0 Å². The van der Waals surface area contributed by atoms with E-state index in [2.05, 4.69) is 30.4 Å². The van der Waals surface area contributed by atoms with E-state index in [1.165, 1.54) is 0 Å². The summed E-state index contributed by atoms with van der Waals surface area (Å²) in [5.41, 5.74) is 0. The second kappa shape index (κ2) is 12.6. The van der Waals surface area contributed by atoms with Gasteiger partial charge in [-0.3, -0.25) is 4.79 Å². The van der Waals surface area contributed by atoms with Gasteiger partial charge in [0.15, 0.2) is 0 Å². The van der Waals surface area contributed by atoms with E-state index in [9.17, 15) is 4.79 Å². The molecule has 0 fully saturated rings. The molecule has 0 rings (SSSR count). The predicted molar refractivity (Wildman–Crippen MR) is 66.8 cm³/mol. The molecule has 0 bridgehead atoms. The van der Waals surface area contributed by atoms with Crippen molar-refractivity contribution in [2.45, 2.75) is 32.6 Å².